The Balaban J connectivity index is 1.46. The van der Waals surface area contributed by atoms with E-state index in [1.807, 2.05) is 59.1 Å². The van der Waals surface area contributed by atoms with E-state index in [1.54, 1.807) is 0 Å². The number of pyridine rings is 2. The molecular weight excluding hydrogens is 394 g/mol. The van der Waals surface area contributed by atoms with Crippen molar-refractivity contribution in [1.29, 1.82) is 0 Å². The summed E-state index contributed by atoms with van der Waals surface area (Å²) < 4.78 is 8.36. The van der Waals surface area contributed by atoms with E-state index < -0.39 is 0 Å². The van der Waals surface area contributed by atoms with Crippen LogP contribution in [0.25, 0.3) is 61.0 Å². The molecule has 0 N–H and O–H groups in total. The minimum atomic E-state index is 0.824. The van der Waals surface area contributed by atoms with Gasteiger partial charge in [-0.05, 0) is 35.9 Å². The Kier molecular flexibility index (Phi) is 3.52. The summed E-state index contributed by atoms with van der Waals surface area (Å²) >= 11 is 0. The van der Waals surface area contributed by atoms with Gasteiger partial charge in [0.25, 0.3) is 0 Å². The Morgan fingerprint density at radius 3 is 2.28 bits per heavy atom. The third kappa shape index (κ3) is 2.50. The average molecular weight is 411 g/mol. The van der Waals surface area contributed by atoms with Crippen LogP contribution in [0, 0.1) is 0 Å². The fraction of sp³-hybridized carbons (Fsp3) is 0. The van der Waals surface area contributed by atoms with Crippen LogP contribution in [0.2, 0.25) is 0 Å². The van der Waals surface area contributed by atoms with Crippen LogP contribution >= 0.6 is 0 Å². The van der Waals surface area contributed by atoms with Crippen molar-refractivity contribution in [2.24, 2.45) is 0 Å². The quantitative estimate of drug-likeness (QED) is 0.304. The Labute approximate surface area is 183 Å². The molecule has 0 aliphatic heterocycles. The molecule has 7 rings (SSSR count). The maximum Gasteiger partial charge on any atom is 0.162 e. The Hall–Kier alpha value is -4.44. The van der Waals surface area contributed by atoms with Crippen LogP contribution in [-0.4, -0.2) is 14.4 Å². The van der Waals surface area contributed by atoms with E-state index in [2.05, 4.69) is 48.7 Å². The van der Waals surface area contributed by atoms with Gasteiger partial charge in [-0.15, -0.1) is 0 Å². The maximum absolute atomic E-state index is 6.32. The van der Waals surface area contributed by atoms with E-state index in [-0.39, 0.29) is 0 Å². The molecule has 0 aliphatic carbocycles. The fourth-order valence-electron chi connectivity index (χ4n) is 4.51. The van der Waals surface area contributed by atoms with Gasteiger partial charge in [0, 0.05) is 34.3 Å². The molecule has 0 amide bonds. The van der Waals surface area contributed by atoms with Gasteiger partial charge >= 0.3 is 0 Å². The van der Waals surface area contributed by atoms with Crippen LogP contribution in [0.1, 0.15) is 0 Å². The molecule has 150 valence electrons. The zero-order valence-electron chi connectivity index (χ0n) is 17.1. The number of aromatic nitrogens is 3. The van der Waals surface area contributed by atoms with E-state index >= 15 is 0 Å². The molecule has 4 aromatic heterocycles. The highest BCUT2D eigenvalue weighted by Crippen LogP contribution is 2.39. The van der Waals surface area contributed by atoms with Crippen molar-refractivity contribution in [3.05, 3.63) is 103 Å². The van der Waals surface area contributed by atoms with Gasteiger partial charge in [-0.25, -0.2) is 9.97 Å². The summed E-state index contributed by atoms with van der Waals surface area (Å²) in [5.74, 6) is 0. The number of furan rings is 1. The second-order valence-electron chi connectivity index (χ2n) is 7.95. The summed E-state index contributed by atoms with van der Waals surface area (Å²) in [5.41, 5.74) is 8.69. The van der Waals surface area contributed by atoms with Crippen LogP contribution < -0.4 is 0 Å². The van der Waals surface area contributed by atoms with Gasteiger partial charge in [0.05, 0.1) is 11.2 Å². The summed E-state index contributed by atoms with van der Waals surface area (Å²) in [6.07, 6.45) is 4.07. The van der Waals surface area contributed by atoms with Gasteiger partial charge in [0.15, 0.2) is 5.58 Å². The van der Waals surface area contributed by atoms with Crippen molar-refractivity contribution in [1.82, 2.24) is 14.4 Å². The molecule has 3 aromatic carbocycles. The number of benzene rings is 3. The van der Waals surface area contributed by atoms with Crippen molar-refractivity contribution >= 4 is 38.6 Å². The first kappa shape index (κ1) is 17.3. The zero-order valence-corrected chi connectivity index (χ0v) is 17.1. The van der Waals surface area contributed by atoms with Crippen LogP contribution in [0.3, 0.4) is 0 Å². The highest BCUT2D eigenvalue weighted by molar-refractivity contribution is 6.14. The highest BCUT2D eigenvalue weighted by atomic mass is 16.3. The Morgan fingerprint density at radius 2 is 1.41 bits per heavy atom. The topological polar surface area (TPSA) is 43.3 Å². The molecule has 4 heteroatoms. The number of rotatable bonds is 2. The molecule has 0 saturated carbocycles. The first-order valence-electron chi connectivity index (χ1n) is 10.6. The molecule has 7 aromatic rings. The number of hydrogen-bond donors (Lipinski definition) is 0. The van der Waals surface area contributed by atoms with Crippen molar-refractivity contribution < 1.29 is 4.42 Å². The predicted octanol–water partition coefficient (Wildman–Crippen LogP) is 7.12. The van der Waals surface area contributed by atoms with E-state index in [0.29, 0.717) is 0 Å². The minimum Gasteiger partial charge on any atom is -0.454 e. The minimum absolute atomic E-state index is 0.824. The monoisotopic (exact) mass is 411 g/mol. The molecule has 0 bridgehead atoms. The molecule has 0 atom stereocenters. The number of hydrogen-bond acceptors (Lipinski definition) is 3. The molecular formula is C28H17N3O. The molecule has 0 aliphatic rings. The summed E-state index contributed by atoms with van der Waals surface area (Å²) in [7, 11) is 0. The summed E-state index contributed by atoms with van der Waals surface area (Å²) in [6, 6.07) is 30.9. The first-order valence-corrected chi connectivity index (χ1v) is 10.6. The van der Waals surface area contributed by atoms with Crippen LogP contribution in [-0.2, 0) is 0 Å². The maximum atomic E-state index is 6.32. The molecule has 4 nitrogen and oxygen atoms in total. The van der Waals surface area contributed by atoms with Crippen molar-refractivity contribution in [3.63, 3.8) is 0 Å². The number of imidazole rings is 1. The average Bonchev–Trinajstić information content (AvgIpc) is 3.44. The van der Waals surface area contributed by atoms with Crippen LogP contribution in [0.4, 0.5) is 0 Å². The van der Waals surface area contributed by atoms with Crippen LogP contribution in [0.5, 0.6) is 0 Å². The first-order chi connectivity index (χ1) is 15.8. The molecule has 0 fully saturated rings. The zero-order chi connectivity index (χ0) is 21.1. The molecule has 0 spiro atoms. The van der Waals surface area contributed by atoms with Crippen molar-refractivity contribution in [3.8, 4) is 22.4 Å². The van der Waals surface area contributed by atoms with Gasteiger partial charge < -0.3 is 8.82 Å². The Bertz CT molecular complexity index is 1740. The number of fused-ring (bicyclic) bond motifs is 5. The van der Waals surface area contributed by atoms with E-state index in [9.17, 15) is 0 Å². The van der Waals surface area contributed by atoms with Crippen molar-refractivity contribution in [2.45, 2.75) is 0 Å². The van der Waals surface area contributed by atoms with E-state index in [4.69, 9.17) is 14.4 Å². The third-order valence-electron chi connectivity index (χ3n) is 6.04. The van der Waals surface area contributed by atoms with Gasteiger partial charge in [-0.2, -0.15) is 0 Å². The molecule has 0 saturated heterocycles. The lowest BCUT2D eigenvalue weighted by atomic mass is 9.98. The standard InChI is InChI=1S/C28H17N3O/c1-3-9-22-20(7-1)26(28-27(30-22)21-8-2-4-10-24(21)32-28)19-14-12-18(13-15-19)23-17-31-16-6-5-11-25(31)29-23/h1-17H. The van der Waals surface area contributed by atoms with E-state index in [0.717, 1.165) is 61.0 Å². The largest absolute Gasteiger partial charge is 0.454 e. The van der Waals surface area contributed by atoms with Gasteiger partial charge in [0.1, 0.15) is 16.7 Å². The summed E-state index contributed by atoms with van der Waals surface area (Å²) in [6.45, 7) is 0. The van der Waals surface area contributed by atoms with Crippen molar-refractivity contribution in [2.75, 3.05) is 0 Å². The molecule has 4 heterocycles. The molecule has 0 radical (unpaired) electrons. The van der Waals surface area contributed by atoms with Crippen LogP contribution in [0.15, 0.2) is 108 Å². The third-order valence-corrected chi connectivity index (χ3v) is 6.04. The molecule has 0 unspecified atom stereocenters. The SMILES string of the molecule is c1ccc2c(-c3ccc(-c4cn5ccccc5n4)cc3)c3oc4ccccc4c3nc2c1. The van der Waals surface area contributed by atoms with E-state index in [1.165, 1.54) is 0 Å². The van der Waals surface area contributed by atoms with Gasteiger partial charge in [-0.1, -0.05) is 60.7 Å². The fourth-order valence-corrected chi connectivity index (χ4v) is 4.51. The number of para-hydroxylation sites is 2. The number of nitrogens with zero attached hydrogens (tertiary/aromatic N) is 3. The molecule has 32 heavy (non-hydrogen) atoms. The predicted molar refractivity (Wildman–Crippen MR) is 129 cm³/mol. The lowest BCUT2D eigenvalue weighted by Gasteiger charge is -2.08. The van der Waals surface area contributed by atoms with Gasteiger partial charge in [-0.3, -0.25) is 0 Å². The van der Waals surface area contributed by atoms with Gasteiger partial charge in [0.2, 0.25) is 0 Å². The second kappa shape index (κ2) is 6.53. The second-order valence-corrected chi connectivity index (χ2v) is 7.95. The lowest BCUT2D eigenvalue weighted by Crippen LogP contribution is -1.87. The normalized spacial score (nSPS) is 11.8. The summed E-state index contributed by atoms with van der Waals surface area (Å²) in [4.78, 5) is 9.68. The Morgan fingerprint density at radius 1 is 0.656 bits per heavy atom. The smallest absolute Gasteiger partial charge is 0.162 e. The summed E-state index contributed by atoms with van der Waals surface area (Å²) in [5, 5.41) is 2.12. The highest BCUT2D eigenvalue weighted by Gasteiger charge is 2.17. The lowest BCUT2D eigenvalue weighted by molar-refractivity contribution is 0.670.